The van der Waals surface area contributed by atoms with Crippen molar-refractivity contribution < 1.29 is 4.42 Å². The fourth-order valence-electron chi connectivity index (χ4n) is 1.82. The molecule has 3 N–H and O–H groups in total. The average molecular weight is 251 g/mol. The van der Waals surface area contributed by atoms with Crippen LogP contribution >= 0.6 is 11.6 Å². The first-order valence-corrected chi connectivity index (χ1v) is 5.92. The third-order valence-electron chi connectivity index (χ3n) is 2.74. The highest BCUT2D eigenvalue weighted by molar-refractivity contribution is 6.28. The summed E-state index contributed by atoms with van der Waals surface area (Å²) in [7, 11) is 0. The van der Waals surface area contributed by atoms with Crippen LogP contribution in [-0.2, 0) is 6.42 Å². The number of hydrogen-bond acceptors (Lipinski definition) is 3. The first kappa shape index (κ1) is 12.2. The SMILES string of the molecule is CCc1cccc(C(NN)c2ccc(Cl)o2)c1. The fraction of sp³-hybridized carbons (Fsp3) is 0.231. The number of hydrogen-bond donors (Lipinski definition) is 2. The molecule has 1 unspecified atom stereocenters. The molecule has 0 radical (unpaired) electrons. The van der Waals surface area contributed by atoms with Crippen molar-refractivity contribution in [1.82, 2.24) is 5.43 Å². The summed E-state index contributed by atoms with van der Waals surface area (Å²) in [5.41, 5.74) is 5.08. The molecule has 90 valence electrons. The van der Waals surface area contributed by atoms with E-state index in [2.05, 4.69) is 24.5 Å². The van der Waals surface area contributed by atoms with Crippen molar-refractivity contribution in [2.45, 2.75) is 19.4 Å². The zero-order chi connectivity index (χ0) is 12.3. The number of nitrogens with one attached hydrogen (secondary N) is 1. The Morgan fingerprint density at radius 3 is 2.76 bits per heavy atom. The maximum Gasteiger partial charge on any atom is 0.193 e. The van der Waals surface area contributed by atoms with E-state index < -0.39 is 0 Å². The number of nitrogens with two attached hydrogens (primary N) is 1. The van der Waals surface area contributed by atoms with Gasteiger partial charge in [0.05, 0.1) is 0 Å². The van der Waals surface area contributed by atoms with Gasteiger partial charge >= 0.3 is 0 Å². The van der Waals surface area contributed by atoms with Crippen LogP contribution < -0.4 is 11.3 Å². The zero-order valence-electron chi connectivity index (χ0n) is 9.61. The minimum Gasteiger partial charge on any atom is -0.448 e. The largest absolute Gasteiger partial charge is 0.448 e. The van der Waals surface area contributed by atoms with Crippen LogP contribution in [0.15, 0.2) is 40.8 Å². The van der Waals surface area contributed by atoms with Gasteiger partial charge in [0, 0.05) is 0 Å². The lowest BCUT2D eigenvalue weighted by Gasteiger charge is -2.14. The molecule has 1 aromatic heterocycles. The van der Waals surface area contributed by atoms with Crippen molar-refractivity contribution in [3.63, 3.8) is 0 Å². The van der Waals surface area contributed by atoms with Crippen molar-refractivity contribution in [3.05, 3.63) is 58.5 Å². The predicted octanol–water partition coefficient (Wildman–Crippen LogP) is 3.05. The second-order valence-corrected chi connectivity index (χ2v) is 4.21. The first-order chi connectivity index (χ1) is 8.24. The van der Waals surface area contributed by atoms with Crippen LogP contribution in [0.2, 0.25) is 5.22 Å². The smallest absolute Gasteiger partial charge is 0.193 e. The van der Waals surface area contributed by atoms with Crippen molar-refractivity contribution in [2.24, 2.45) is 5.84 Å². The monoisotopic (exact) mass is 250 g/mol. The number of hydrazine groups is 1. The molecule has 0 spiro atoms. The topological polar surface area (TPSA) is 51.2 Å². The lowest BCUT2D eigenvalue weighted by atomic mass is 10.0. The molecule has 2 aromatic rings. The Balaban J connectivity index is 2.34. The van der Waals surface area contributed by atoms with E-state index in [9.17, 15) is 0 Å². The molecule has 2 rings (SSSR count). The minimum absolute atomic E-state index is 0.172. The molecular weight excluding hydrogens is 236 g/mol. The molecule has 1 atom stereocenters. The molecule has 4 heteroatoms. The summed E-state index contributed by atoms with van der Waals surface area (Å²) in [6, 6.07) is 11.6. The van der Waals surface area contributed by atoms with Gasteiger partial charge in [-0.05, 0) is 41.3 Å². The number of aryl methyl sites for hydroxylation is 1. The normalized spacial score (nSPS) is 12.6. The van der Waals surface area contributed by atoms with E-state index in [1.807, 2.05) is 18.2 Å². The number of rotatable bonds is 4. The Hall–Kier alpha value is -1.29. The van der Waals surface area contributed by atoms with Gasteiger partial charge in [-0.25, -0.2) is 5.43 Å². The minimum atomic E-state index is -0.172. The highest BCUT2D eigenvalue weighted by Gasteiger charge is 2.16. The van der Waals surface area contributed by atoms with Crippen LogP contribution in [0, 0.1) is 0 Å². The molecule has 0 saturated heterocycles. The second kappa shape index (κ2) is 5.36. The quantitative estimate of drug-likeness (QED) is 0.648. The van der Waals surface area contributed by atoms with Gasteiger partial charge in [0.1, 0.15) is 11.8 Å². The van der Waals surface area contributed by atoms with Crippen LogP contribution in [-0.4, -0.2) is 0 Å². The molecule has 0 aliphatic rings. The maximum atomic E-state index is 5.77. The van der Waals surface area contributed by atoms with Gasteiger partial charge in [0.15, 0.2) is 5.22 Å². The second-order valence-electron chi connectivity index (χ2n) is 3.84. The fourth-order valence-corrected chi connectivity index (χ4v) is 1.97. The molecule has 0 saturated carbocycles. The summed E-state index contributed by atoms with van der Waals surface area (Å²) in [5, 5.41) is 0.367. The van der Waals surface area contributed by atoms with Crippen LogP contribution in [0.3, 0.4) is 0 Å². The van der Waals surface area contributed by atoms with Crippen LogP contribution in [0.1, 0.15) is 29.9 Å². The van der Waals surface area contributed by atoms with Gasteiger partial charge in [0.25, 0.3) is 0 Å². The van der Waals surface area contributed by atoms with E-state index in [0.29, 0.717) is 11.0 Å². The summed E-state index contributed by atoms with van der Waals surface area (Å²) in [6.07, 6.45) is 0.990. The van der Waals surface area contributed by atoms with Crippen LogP contribution in [0.5, 0.6) is 0 Å². The van der Waals surface area contributed by atoms with Crippen molar-refractivity contribution in [3.8, 4) is 0 Å². The van der Waals surface area contributed by atoms with Crippen LogP contribution in [0.25, 0.3) is 0 Å². The highest BCUT2D eigenvalue weighted by atomic mass is 35.5. The molecule has 0 fully saturated rings. The molecule has 0 aliphatic carbocycles. The summed E-state index contributed by atoms with van der Waals surface area (Å²) >= 11 is 5.77. The van der Waals surface area contributed by atoms with E-state index in [1.165, 1.54) is 5.56 Å². The number of halogens is 1. The lowest BCUT2D eigenvalue weighted by molar-refractivity contribution is 0.453. The Morgan fingerprint density at radius 1 is 1.35 bits per heavy atom. The Bertz CT molecular complexity index is 496. The third kappa shape index (κ3) is 2.69. The molecule has 17 heavy (non-hydrogen) atoms. The predicted molar refractivity (Wildman–Crippen MR) is 68.7 cm³/mol. The van der Waals surface area contributed by atoms with Gasteiger partial charge < -0.3 is 4.42 Å². The molecule has 0 amide bonds. The first-order valence-electron chi connectivity index (χ1n) is 5.54. The van der Waals surface area contributed by atoms with Crippen LogP contribution in [0.4, 0.5) is 0 Å². The molecular formula is C13H15ClN2O. The zero-order valence-corrected chi connectivity index (χ0v) is 10.4. The van der Waals surface area contributed by atoms with E-state index >= 15 is 0 Å². The van der Waals surface area contributed by atoms with Crippen molar-refractivity contribution in [2.75, 3.05) is 0 Å². The molecule has 0 bridgehead atoms. The molecule has 1 aromatic carbocycles. The molecule has 3 nitrogen and oxygen atoms in total. The van der Waals surface area contributed by atoms with Crippen molar-refractivity contribution in [1.29, 1.82) is 0 Å². The summed E-state index contributed by atoms with van der Waals surface area (Å²) in [5.74, 6) is 6.30. The number of furan rings is 1. The van der Waals surface area contributed by atoms with Gasteiger partial charge in [-0.2, -0.15) is 0 Å². The standard InChI is InChI=1S/C13H15ClN2O/c1-2-9-4-3-5-10(8-9)13(16-15)11-6-7-12(14)17-11/h3-8,13,16H,2,15H2,1H3. The molecule has 0 aliphatic heterocycles. The van der Waals surface area contributed by atoms with Gasteiger partial charge in [0.2, 0.25) is 0 Å². The van der Waals surface area contributed by atoms with Gasteiger partial charge in [-0.1, -0.05) is 31.2 Å². The summed E-state index contributed by atoms with van der Waals surface area (Å²) < 4.78 is 5.39. The Kier molecular flexibility index (Phi) is 3.84. The van der Waals surface area contributed by atoms with E-state index in [-0.39, 0.29) is 6.04 Å². The highest BCUT2D eigenvalue weighted by Crippen LogP contribution is 2.25. The Morgan fingerprint density at radius 2 is 2.18 bits per heavy atom. The molecule has 1 heterocycles. The van der Waals surface area contributed by atoms with Gasteiger partial charge in [-0.3, -0.25) is 5.84 Å². The van der Waals surface area contributed by atoms with E-state index in [1.54, 1.807) is 6.07 Å². The van der Waals surface area contributed by atoms with E-state index in [0.717, 1.165) is 12.0 Å². The summed E-state index contributed by atoms with van der Waals surface area (Å²) in [6.45, 7) is 2.12. The third-order valence-corrected chi connectivity index (χ3v) is 2.94. The lowest BCUT2D eigenvalue weighted by Crippen LogP contribution is -2.28. The Labute approximate surface area is 106 Å². The van der Waals surface area contributed by atoms with Crippen molar-refractivity contribution >= 4 is 11.6 Å². The van der Waals surface area contributed by atoms with E-state index in [4.69, 9.17) is 21.9 Å². The number of benzene rings is 1. The summed E-state index contributed by atoms with van der Waals surface area (Å²) in [4.78, 5) is 0. The average Bonchev–Trinajstić information content (AvgIpc) is 2.77. The maximum absolute atomic E-state index is 5.77. The van der Waals surface area contributed by atoms with Gasteiger partial charge in [-0.15, -0.1) is 0 Å².